The van der Waals surface area contributed by atoms with E-state index >= 15 is 0 Å². The molecule has 1 fully saturated rings. The van der Waals surface area contributed by atoms with E-state index in [0.29, 0.717) is 30.1 Å². The van der Waals surface area contributed by atoms with E-state index < -0.39 is 5.41 Å². The number of likely N-dealkylation sites (tertiary alicyclic amines) is 1. The van der Waals surface area contributed by atoms with Gasteiger partial charge in [-0.2, -0.15) is 0 Å². The highest BCUT2D eigenvalue weighted by Crippen LogP contribution is 2.42. The molecule has 0 radical (unpaired) electrons. The van der Waals surface area contributed by atoms with Crippen LogP contribution in [0, 0.1) is 5.41 Å². The van der Waals surface area contributed by atoms with Crippen molar-refractivity contribution in [1.82, 2.24) is 4.90 Å². The molecular formula is C21H21ClN2O2. The summed E-state index contributed by atoms with van der Waals surface area (Å²) >= 11 is 5.93. The Labute approximate surface area is 158 Å². The molecule has 2 aliphatic heterocycles. The van der Waals surface area contributed by atoms with Gasteiger partial charge in [0.2, 0.25) is 5.91 Å². The van der Waals surface area contributed by atoms with Crippen LogP contribution >= 0.6 is 11.6 Å². The zero-order valence-corrected chi connectivity index (χ0v) is 15.5. The molecule has 0 bridgehead atoms. The standard InChI is InChI=1S/C21H21ClN2O2/c1-23-18-6-3-2-5-16(18)13-21(20(23)26)11-4-12-24(14-21)19(25)15-7-9-17(22)10-8-15/h2-3,5-10H,4,11-14H2,1H3. The number of hydrogen-bond donors (Lipinski definition) is 0. The third kappa shape index (κ3) is 2.78. The van der Waals surface area contributed by atoms with Crippen LogP contribution in [0.4, 0.5) is 5.69 Å². The number of carbonyl (C=O) groups is 2. The molecule has 4 rings (SSSR count). The number of halogens is 1. The Bertz CT molecular complexity index is 865. The van der Waals surface area contributed by atoms with Crippen molar-refractivity contribution in [2.45, 2.75) is 19.3 Å². The highest BCUT2D eigenvalue weighted by molar-refractivity contribution is 6.30. The molecule has 4 nitrogen and oxygen atoms in total. The van der Waals surface area contributed by atoms with Crippen molar-refractivity contribution in [2.75, 3.05) is 25.0 Å². The maximum absolute atomic E-state index is 13.2. The lowest BCUT2D eigenvalue weighted by Crippen LogP contribution is -2.57. The molecule has 1 unspecified atom stereocenters. The van der Waals surface area contributed by atoms with Gasteiger partial charge in [-0.15, -0.1) is 0 Å². The van der Waals surface area contributed by atoms with E-state index in [4.69, 9.17) is 11.6 Å². The zero-order valence-electron chi connectivity index (χ0n) is 14.7. The molecule has 2 aromatic rings. The number of carbonyl (C=O) groups excluding carboxylic acids is 2. The van der Waals surface area contributed by atoms with Gasteiger partial charge in [-0.25, -0.2) is 0 Å². The van der Waals surface area contributed by atoms with Crippen LogP contribution in [-0.2, 0) is 11.2 Å². The van der Waals surface area contributed by atoms with Crippen molar-refractivity contribution in [3.05, 3.63) is 64.7 Å². The van der Waals surface area contributed by atoms with Crippen LogP contribution < -0.4 is 4.90 Å². The third-order valence-corrected chi connectivity index (χ3v) is 5.85. The molecule has 2 heterocycles. The van der Waals surface area contributed by atoms with Gasteiger partial charge in [0.15, 0.2) is 0 Å². The molecule has 26 heavy (non-hydrogen) atoms. The Morgan fingerprint density at radius 3 is 2.62 bits per heavy atom. The van der Waals surface area contributed by atoms with Crippen LogP contribution in [-0.4, -0.2) is 36.9 Å². The lowest BCUT2D eigenvalue weighted by atomic mass is 9.71. The van der Waals surface area contributed by atoms with Crippen LogP contribution in [0.15, 0.2) is 48.5 Å². The first-order chi connectivity index (χ1) is 12.5. The van der Waals surface area contributed by atoms with Crippen molar-refractivity contribution in [3.63, 3.8) is 0 Å². The number of fused-ring (bicyclic) bond motifs is 1. The highest BCUT2D eigenvalue weighted by atomic mass is 35.5. The molecule has 2 aromatic carbocycles. The highest BCUT2D eigenvalue weighted by Gasteiger charge is 2.48. The fourth-order valence-corrected chi connectivity index (χ4v) is 4.42. The monoisotopic (exact) mass is 368 g/mol. The molecule has 1 saturated heterocycles. The summed E-state index contributed by atoms with van der Waals surface area (Å²) in [6.45, 7) is 1.15. The van der Waals surface area contributed by atoms with E-state index in [-0.39, 0.29) is 11.8 Å². The number of rotatable bonds is 1. The van der Waals surface area contributed by atoms with Gasteiger partial charge in [0.25, 0.3) is 5.91 Å². The van der Waals surface area contributed by atoms with Crippen molar-refractivity contribution < 1.29 is 9.59 Å². The van der Waals surface area contributed by atoms with Crippen LogP contribution in [0.25, 0.3) is 0 Å². The zero-order chi connectivity index (χ0) is 18.3. The molecule has 1 atom stereocenters. The van der Waals surface area contributed by atoms with Crippen LogP contribution in [0.5, 0.6) is 0 Å². The first-order valence-electron chi connectivity index (χ1n) is 8.91. The first kappa shape index (κ1) is 17.1. The summed E-state index contributed by atoms with van der Waals surface area (Å²) in [6.07, 6.45) is 2.34. The minimum Gasteiger partial charge on any atom is -0.338 e. The molecule has 1 spiro atoms. The molecule has 0 aliphatic carbocycles. The first-order valence-corrected chi connectivity index (χ1v) is 9.29. The fourth-order valence-electron chi connectivity index (χ4n) is 4.29. The minimum atomic E-state index is -0.524. The van der Waals surface area contributed by atoms with Gasteiger partial charge in [-0.3, -0.25) is 9.59 Å². The van der Waals surface area contributed by atoms with Gasteiger partial charge in [-0.1, -0.05) is 29.8 Å². The lowest BCUT2D eigenvalue weighted by Gasteiger charge is -2.46. The summed E-state index contributed by atoms with van der Waals surface area (Å²) in [4.78, 5) is 29.7. The fraction of sp³-hybridized carbons (Fsp3) is 0.333. The summed E-state index contributed by atoms with van der Waals surface area (Å²) in [5.74, 6) is 0.0832. The molecule has 0 saturated carbocycles. The van der Waals surface area contributed by atoms with E-state index in [0.717, 1.165) is 18.5 Å². The second-order valence-electron chi connectivity index (χ2n) is 7.29. The number of anilines is 1. The van der Waals surface area contributed by atoms with Gasteiger partial charge >= 0.3 is 0 Å². The van der Waals surface area contributed by atoms with Gasteiger partial charge < -0.3 is 9.80 Å². The van der Waals surface area contributed by atoms with Crippen LogP contribution in [0.3, 0.4) is 0 Å². The number of hydrogen-bond acceptors (Lipinski definition) is 2. The predicted molar refractivity (Wildman–Crippen MR) is 103 cm³/mol. The summed E-state index contributed by atoms with van der Waals surface area (Å²) in [6, 6.07) is 15.0. The summed E-state index contributed by atoms with van der Waals surface area (Å²) in [5, 5.41) is 0.609. The van der Waals surface area contributed by atoms with Crippen LogP contribution in [0.2, 0.25) is 5.02 Å². The number of benzene rings is 2. The topological polar surface area (TPSA) is 40.6 Å². The predicted octanol–water partition coefficient (Wildman–Crippen LogP) is 3.78. The molecule has 0 N–H and O–H groups in total. The number of para-hydroxylation sites is 1. The second kappa shape index (κ2) is 6.44. The van der Waals surface area contributed by atoms with Crippen molar-refractivity contribution in [3.8, 4) is 0 Å². The maximum Gasteiger partial charge on any atom is 0.253 e. The molecule has 134 valence electrons. The average molecular weight is 369 g/mol. The van der Waals surface area contributed by atoms with Crippen molar-refractivity contribution in [1.29, 1.82) is 0 Å². The summed E-state index contributed by atoms with van der Waals surface area (Å²) in [5.41, 5.74) is 2.24. The summed E-state index contributed by atoms with van der Waals surface area (Å²) in [7, 11) is 1.84. The molecule has 0 aromatic heterocycles. The molecular weight excluding hydrogens is 348 g/mol. The minimum absolute atomic E-state index is 0.0324. The smallest absolute Gasteiger partial charge is 0.253 e. The van der Waals surface area contributed by atoms with E-state index in [9.17, 15) is 9.59 Å². The quantitative estimate of drug-likeness (QED) is 0.768. The molecule has 5 heteroatoms. The van der Waals surface area contributed by atoms with E-state index in [1.165, 1.54) is 5.56 Å². The van der Waals surface area contributed by atoms with E-state index in [1.807, 2.05) is 30.1 Å². The normalized spacial score (nSPS) is 22.5. The average Bonchev–Trinajstić information content (AvgIpc) is 2.66. The molecule has 2 amide bonds. The molecule has 2 aliphatic rings. The van der Waals surface area contributed by atoms with E-state index in [2.05, 4.69) is 6.07 Å². The number of amides is 2. The van der Waals surface area contributed by atoms with Crippen molar-refractivity contribution >= 4 is 29.1 Å². The number of piperidine rings is 1. The Morgan fingerprint density at radius 2 is 1.85 bits per heavy atom. The Kier molecular flexibility index (Phi) is 4.23. The van der Waals surface area contributed by atoms with Gasteiger partial charge in [0, 0.05) is 36.4 Å². The third-order valence-electron chi connectivity index (χ3n) is 5.60. The summed E-state index contributed by atoms with van der Waals surface area (Å²) < 4.78 is 0. The Morgan fingerprint density at radius 1 is 1.12 bits per heavy atom. The second-order valence-corrected chi connectivity index (χ2v) is 7.72. The Balaban J connectivity index is 1.63. The van der Waals surface area contributed by atoms with Crippen LogP contribution in [0.1, 0.15) is 28.8 Å². The van der Waals surface area contributed by atoms with E-state index in [1.54, 1.807) is 29.2 Å². The van der Waals surface area contributed by atoms with Crippen molar-refractivity contribution in [2.24, 2.45) is 5.41 Å². The van der Waals surface area contributed by atoms with Gasteiger partial charge in [0.1, 0.15) is 0 Å². The van der Waals surface area contributed by atoms with Gasteiger partial charge in [0.05, 0.1) is 5.41 Å². The SMILES string of the molecule is CN1C(=O)C2(CCCN(C(=O)c3ccc(Cl)cc3)C2)Cc2ccccc21. The van der Waals surface area contributed by atoms with Gasteiger partial charge in [-0.05, 0) is 55.2 Å². The number of nitrogens with zero attached hydrogens (tertiary/aromatic N) is 2. The lowest BCUT2D eigenvalue weighted by molar-refractivity contribution is -0.131. The maximum atomic E-state index is 13.2. The largest absolute Gasteiger partial charge is 0.338 e. The Hall–Kier alpha value is -2.33.